The van der Waals surface area contributed by atoms with Gasteiger partial charge in [0, 0.05) is 18.3 Å². The molecule has 1 rings (SSSR count). The molecule has 0 radical (unpaired) electrons. The van der Waals surface area contributed by atoms with Crippen molar-refractivity contribution in [3.8, 4) is 0 Å². The fourth-order valence-electron chi connectivity index (χ4n) is 2.02. The highest BCUT2D eigenvalue weighted by molar-refractivity contribution is 5.86. The summed E-state index contributed by atoms with van der Waals surface area (Å²) in [4.78, 5) is 21.8. The fourth-order valence-corrected chi connectivity index (χ4v) is 2.02. The van der Waals surface area contributed by atoms with Crippen molar-refractivity contribution in [3.05, 3.63) is 0 Å². The predicted octanol–water partition coefficient (Wildman–Crippen LogP) is 1.86. The first-order valence-corrected chi connectivity index (χ1v) is 4.69. The normalized spacial score (nSPS) is 26.3. The van der Waals surface area contributed by atoms with Crippen LogP contribution in [0.3, 0.4) is 0 Å². The number of carboxylic acids is 1. The van der Waals surface area contributed by atoms with E-state index >= 15 is 0 Å². The van der Waals surface area contributed by atoms with Crippen molar-refractivity contribution in [2.75, 3.05) is 0 Å². The average molecular weight is 184 g/mol. The Balaban J connectivity index is 2.52. The molecule has 74 valence electrons. The van der Waals surface area contributed by atoms with Gasteiger partial charge in [-0.3, -0.25) is 9.59 Å². The third-order valence-electron chi connectivity index (χ3n) is 3.17. The molecule has 1 aliphatic carbocycles. The molecule has 1 atom stereocenters. The van der Waals surface area contributed by atoms with E-state index in [9.17, 15) is 9.59 Å². The van der Waals surface area contributed by atoms with E-state index in [1.165, 1.54) is 0 Å². The maximum Gasteiger partial charge on any atom is 0.303 e. The Kier molecular flexibility index (Phi) is 2.74. The van der Waals surface area contributed by atoms with Crippen molar-refractivity contribution >= 4 is 11.8 Å². The SMILES string of the molecule is CC1(C)C(=O)CCC1CCC(=O)O. The zero-order chi connectivity index (χ0) is 10.1. The molecular formula is C10H16O3. The smallest absolute Gasteiger partial charge is 0.303 e. The lowest BCUT2D eigenvalue weighted by molar-refractivity contribution is -0.138. The van der Waals surface area contributed by atoms with Crippen molar-refractivity contribution in [1.29, 1.82) is 0 Å². The van der Waals surface area contributed by atoms with Crippen molar-refractivity contribution in [1.82, 2.24) is 0 Å². The molecule has 0 aromatic rings. The summed E-state index contributed by atoms with van der Waals surface area (Å²) in [6, 6.07) is 0. The molecule has 1 N–H and O–H groups in total. The van der Waals surface area contributed by atoms with Crippen LogP contribution in [0.25, 0.3) is 0 Å². The van der Waals surface area contributed by atoms with Crippen LogP contribution in [-0.4, -0.2) is 16.9 Å². The summed E-state index contributed by atoms with van der Waals surface area (Å²) in [6.07, 6.45) is 2.30. The minimum atomic E-state index is -0.768. The second-order valence-corrected chi connectivity index (χ2v) is 4.31. The van der Waals surface area contributed by atoms with E-state index in [0.29, 0.717) is 12.8 Å². The molecule has 3 heteroatoms. The molecule has 13 heavy (non-hydrogen) atoms. The molecule has 1 saturated carbocycles. The van der Waals surface area contributed by atoms with Crippen LogP contribution >= 0.6 is 0 Å². The Bertz CT molecular complexity index is 230. The van der Waals surface area contributed by atoms with Crippen LogP contribution in [0, 0.1) is 11.3 Å². The first kappa shape index (κ1) is 10.2. The quantitative estimate of drug-likeness (QED) is 0.728. The lowest BCUT2D eigenvalue weighted by Crippen LogP contribution is -2.25. The molecule has 0 bridgehead atoms. The molecule has 0 saturated heterocycles. The van der Waals surface area contributed by atoms with Gasteiger partial charge in [-0.05, 0) is 18.8 Å². The summed E-state index contributed by atoms with van der Waals surface area (Å²) in [5.74, 6) is -0.228. The molecule has 0 spiro atoms. The van der Waals surface area contributed by atoms with E-state index in [2.05, 4.69) is 0 Å². The third-order valence-corrected chi connectivity index (χ3v) is 3.17. The highest BCUT2D eigenvalue weighted by Crippen LogP contribution is 2.42. The molecule has 1 fully saturated rings. The molecule has 0 aliphatic heterocycles. The summed E-state index contributed by atoms with van der Waals surface area (Å²) in [5.41, 5.74) is -0.296. The van der Waals surface area contributed by atoms with Gasteiger partial charge in [0.25, 0.3) is 0 Å². The summed E-state index contributed by atoms with van der Waals surface area (Å²) < 4.78 is 0. The first-order valence-electron chi connectivity index (χ1n) is 4.69. The predicted molar refractivity (Wildman–Crippen MR) is 48.4 cm³/mol. The van der Waals surface area contributed by atoms with Gasteiger partial charge in [-0.25, -0.2) is 0 Å². The minimum absolute atomic E-state index is 0.182. The van der Waals surface area contributed by atoms with E-state index < -0.39 is 5.97 Å². The van der Waals surface area contributed by atoms with E-state index in [4.69, 9.17) is 5.11 Å². The Morgan fingerprint density at radius 2 is 2.23 bits per heavy atom. The second kappa shape index (κ2) is 3.48. The summed E-state index contributed by atoms with van der Waals surface area (Å²) in [7, 11) is 0. The van der Waals surface area contributed by atoms with Gasteiger partial charge in [0.1, 0.15) is 5.78 Å². The number of carbonyl (C=O) groups excluding carboxylic acids is 1. The number of carboxylic acid groups (broad SMARTS) is 1. The molecular weight excluding hydrogens is 168 g/mol. The lowest BCUT2D eigenvalue weighted by Gasteiger charge is -2.24. The van der Waals surface area contributed by atoms with Gasteiger partial charge in [-0.1, -0.05) is 13.8 Å². The number of aliphatic carboxylic acids is 1. The van der Waals surface area contributed by atoms with Crippen LogP contribution in [-0.2, 0) is 9.59 Å². The molecule has 0 heterocycles. The highest BCUT2D eigenvalue weighted by atomic mass is 16.4. The fraction of sp³-hybridized carbons (Fsp3) is 0.800. The Labute approximate surface area is 78.1 Å². The van der Waals surface area contributed by atoms with E-state index in [0.717, 1.165) is 6.42 Å². The van der Waals surface area contributed by atoms with Gasteiger partial charge in [0.15, 0.2) is 0 Å². The van der Waals surface area contributed by atoms with Gasteiger partial charge < -0.3 is 5.11 Å². The third kappa shape index (κ3) is 2.08. The minimum Gasteiger partial charge on any atom is -0.481 e. The van der Waals surface area contributed by atoms with Crippen LogP contribution < -0.4 is 0 Å². The Morgan fingerprint density at radius 1 is 1.62 bits per heavy atom. The Hall–Kier alpha value is -0.860. The van der Waals surface area contributed by atoms with E-state index in [1.807, 2.05) is 13.8 Å². The van der Waals surface area contributed by atoms with Crippen LogP contribution in [0.5, 0.6) is 0 Å². The first-order chi connectivity index (χ1) is 5.94. The number of ketones is 1. The van der Waals surface area contributed by atoms with Gasteiger partial charge in [-0.2, -0.15) is 0 Å². The maximum absolute atomic E-state index is 11.4. The molecule has 0 amide bonds. The summed E-state index contributed by atoms with van der Waals surface area (Å²) in [5, 5.41) is 8.52. The number of Topliss-reactive ketones (excluding diaryl/α,β-unsaturated/α-hetero) is 1. The largest absolute Gasteiger partial charge is 0.481 e. The Morgan fingerprint density at radius 3 is 2.62 bits per heavy atom. The van der Waals surface area contributed by atoms with Crippen LogP contribution in [0.1, 0.15) is 39.5 Å². The van der Waals surface area contributed by atoms with Crippen molar-refractivity contribution < 1.29 is 14.7 Å². The molecule has 0 aromatic heterocycles. The zero-order valence-electron chi connectivity index (χ0n) is 8.17. The lowest BCUT2D eigenvalue weighted by atomic mass is 9.79. The van der Waals surface area contributed by atoms with E-state index in [-0.39, 0.29) is 23.5 Å². The van der Waals surface area contributed by atoms with Crippen LogP contribution in [0.15, 0.2) is 0 Å². The number of hydrogen-bond acceptors (Lipinski definition) is 2. The number of rotatable bonds is 3. The molecule has 3 nitrogen and oxygen atoms in total. The van der Waals surface area contributed by atoms with Crippen LogP contribution in [0.2, 0.25) is 0 Å². The number of carbonyl (C=O) groups is 2. The highest BCUT2D eigenvalue weighted by Gasteiger charge is 2.41. The summed E-state index contributed by atoms with van der Waals surface area (Å²) in [6.45, 7) is 3.85. The van der Waals surface area contributed by atoms with Crippen molar-refractivity contribution in [2.24, 2.45) is 11.3 Å². The van der Waals surface area contributed by atoms with Crippen molar-refractivity contribution in [2.45, 2.75) is 39.5 Å². The van der Waals surface area contributed by atoms with Gasteiger partial charge >= 0.3 is 5.97 Å². The topological polar surface area (TPSA) is 54.4 Å². The molecule has 0 aromatic carbocycles. The molecule has 1 aliphatic rings. The second-order valence-electron chi connectivity index (χ2n) is 4.31. The number of hydrogen-bond donors (Lipinski definition) is 1. The standard InChI is InChI=1S/C10H16O3/c1-10(2)7(3-5-8(10)11)4-6-9(12)13/h7H,3-6H2,1-2H3,(H,12,13). The summed E-state index contributed by atoms with van der Waals surface area (Å²) >= 11 is 0. The average Bonchev–Trinajstić information content (AvgIpc) is 2.25. The van der Waals surface area contributed by atoms with Gasteiger partial charge in [-0.15, -0.1) is 0 Å². The van der Waals surface area contributed by atoms with E-state index in [1.54, 1.807) is 0 Å². The van der Waals surface area contributed by atoms with Gasteiger partial charge in [0.2, 0.25) is 0 Å². The van der Waals surface area contributed by atoms with Crippen molar-refractivity contribution in [3.63, 3.8) is 0 Å². The van der Waals surface area contributed by atoms with Gasteiger partial charge in [0.05, 0.1) is 0 Å². The molecule has 1 unspecified atom stereocenters. The van der Waals surface area contributed by atoms with Crippen LogP contribution in [0.4, 0.5) is 0 Å². The monoisotopic (exact) mass is 184 g/mol. The maximum atomic E-state index is 11.4. The zero-order valence-corrected chi connectivity index (χ0v) is 8.17.